The normalized spacial score (nSPS) is 10.6. The zero-order valence-corrected chi connectivity index (χ0v) is 14.2. The summed E-state index contributed by atoms with van der Waals surface area (Å²) >= 11 is 11.8. The number of hydrogen-bond acceptors (Lipinski definition) is 4. The molecule has 0 aliphatic rings. The first-order valence-corrected chi connectivity index (χ1v) is 7.91. The van der Waals surface area contributed by atoms with Gasteiger partial charge in [-0.3, -0.25) is 4.79 Å². The van der Waals surface area contributed by atoms with Crippen LogP contribution in [0.4, 0.5) is 0 Å². The van der Waals surface area contributed by atoms with Gasteiger partial charge in [0.2, 0.25) is 0 Å². The molecule has 0 atom stereocenters. The predicted molar refractivity (Wildman–Crippen MR) is 92.1 cm³/mol. The van der Waals surface area contributed by atoms with Crippen LogP contribution in [0.2, 0.25) is 10.0 Å². The van der Waals surface area contributed by atoms with Gasteiger partial charge in [-0.05, 0) is 37.3 Å². The van der Waals surface area contributed by atoms with Gasteiger partial charge in [0.1, 0.15) is 0 Å². The van der Waals surface area contributed by atoms with Crippen LogP contribution < -0.4 is 5.32 Å². The largest absolute Gasteiger partial charge is 0.345 e. The van der Waals surface area contributed by atoms with Gasteiger partial charge in [-0.1, -0.05) is 46.1 Å². The van der Waals surface area contributed by atoms with Gasteiger partial charge in [-0.2, -0.15) is 4.98 Å². The van der Waals surface area contributed by atoms with Crippen molar-refractivity contribution in [1.82, 2.24) is 15.5 Å². The van der Waals surface area contributed by atoms with Gasteiger partial charge >= 0.3 is 0 Å². The van der Waals surface area contributed by atoms with Crippen molar-refractivity contribution in [1.29, 1.82) is 0 Å². The summed E-state index contributed by atoms with van der Waals surface area (Å²) in [5.41, 5.74) is 2.31. The van der Waals surface area contributed by atoms with E-state index in [1.54, 1.807) is 12.1 Å². The molecule has 0 fully saturated rings. The lowest BCUT2D eigenvalue weighted by atomic mass is 10.1. The monoisotopic (exact) mass is 361 g/mol. The molecule has 1 aromatic heterocycles. The van der Waals surface area contributed by atoms with Gasteiger partial charge < -0.3 is 9.84 Å². The van der Waals surface area contributed by atoms with Gasteiger partial charge in [0.25, 0.3) is 11.8 Å². The third kappa shape index (κ3) is 3.75. The Morgan fingerprint density at radius 1 is 1.17 bits per heavy atom. The number of aryl methyl sites for hydroxylation is 1. The molecular weight excluding hydrogens is 349 g/mol. The maximum absolute atomic E-state index is 12.1. The molecule has 7 heteroatoms. The van der Waals surface area contributed by atoms with Crippen molar-refractivity contribution in [2.75, 3.05) is 0 Å². The second kappa shape index (κ2) is 7.03. The minimum atomic E-state index is -0.335. The Labute approximate surface area is 148 Å². The lowest BCUT2D eigenvalue weighted by Crippen LogP contribution is -2.23. The van der Waals surface area contributed by atoms with E-state index in [9.17, 15) is 4.79 Å². The van der Waals surface area contributed by atoms with Gasteiger partial charge in [-0.15, -0.1) is 0 Å². The molecule has 3 rings (SSSR count). The van der Waals surface area contributed by atoms with Crippen LogP contribution in [0.25, 0.3) is 11.5 Å². The highest BCUT2D eigenvalue weighted by Crippen LogP contribution is 2.21. The fourth-order valence-electron chi connectivity index (χ4n) is 2.07. The summed E-state index contributed by atoms with van der Waals surface area (Å²) in [6.07, 6.45) is 0. The average molecular weight is 362 g/mol. The zero-order chi connectivity index (χ0) is 17.1. The van der Waals surface area contributed by atoms with Crippen molar-refractivity contribution < 1.29 is 9.32 Å². The molecule has 1 amide bonds. The van der Waals surface area contributed by atoms with Crippen LogP contribution in [0.3, 0.4) is 0 Å². The Hall–Kier alpha value is -2.37. The summed E-state index contributed by atoms with van der Waals surface area (Å²) < 4.78 is 5.21. The molecule has 0 unspecified atom stereocenters. The van der Waals surface area contributed by atoms with Crippen LogP contribution in [-0.4, -0.2) is 16.0 Å². The van der Waals surface area contributed by atoms with Crippen LogP contribution in [0.1, 0.15) is 21.7 Å². The molecular formula is C17H13Cl2N3O2. The first-order chi connectivity index (χ1) is 11.5. The molecule has 0 aliphatic heterocycles. The molecule has 1 heterocycles. The first kappa shape index (κ1) is 16.5. The van der Waals surface area contributed by atoms with E-state index in [0.29, 0.717) is 22.3 Å². The zero-order valence-electron chi connectivity index (χ0n) is 12.7. The van der Waals surface area contributed by atoms with E-state index in [-0.39, 0.29) is 17.5 Å². The number of rotatable bonds is 4. The summed E-state index contributed by atoms with van der Waals surface area (Å²) in [5, 5.41) is 7.32. The number of aromatic nitrogens is 2. The number of benzene rings is 2. The molecule has 0 spiro atoms. The lowest BCUT2D eigenvalue weighted by Gasteiger charge is -2.04. The van der Waals surface area contributed by atoms with Gasteiger partial charge in [-0.25, -0.2) is 0 Å². The summed E-state index contributed by atoms with van der Waals surface area (Å²) in [7, 11) is 0. The van der Waals surface area contributed by atoms with Gasteiger partial charge in [0.15, 0.2) is 5.82 Å². The van der Waals surface area contributed by atoms with Gasteiger partial charge in [0, 0.05) is 10.6 Å². The van der Waals surface area contributed by atoms with Crippen LogP contribution in [0.5, 0.6) is 0 Å². The van der Waals surface area contributed by atoms with Crippen LogP contribution in [0.15, 0.2) is 47.0 Å². The molecule has 3 aromatic rings. The van der Waals surface area contributed by atoms with Crippen molar-refractivity contribution in [2.24, 2.45) is 0 Å². The predicted octanol–water partition coefficient (Wildman–Crippen LogP) is 4.28. The van der Waals surface area contributed by atoms with E-state index in [1.165, 1.54) is 6.07 Å². The fourth-order valence-corrected chi connectivity index (χ4v) is 2.56. The number of carbonyl (C=O) groups is 1. The summed E-state index contributed by atoms with van der Waals surface area (Å²) in [4.78, 5) is 16.4. The molecule has 5 nitrogen and oxygen atoms in total. The molecule has 0 saturated heterocycles. The second-order valence-corrected chi connectivity index (χ2v) is 6.03. The van der Waals surface area contributed by atoms with Crippen molar-refractivity contribution in [3.63, 3.8) is 0 Å². The van der Waals surface area contributed by atoms with E-state index in [0.717, 1.165) is 11.1 Å². The van der Waals surface area contributed by atoms with Crippen LogP contribution in [0, 0.1) is 6.92 Å². The molecule has 122 valence electrons. The third-order valence-corrected chi connectivity index (χ3v) is 3.90. The minimum absolute atomic E-state index is 0.132. The van der Waals surface area contributed by atoms with E-state index in [1.807, 2.05) is 31.2 Å². The number of amides is 1. The molecule has 1 N–H and O–H groups in total. The van der Waals surface area contributed by atoms with Gasteiger partial charge in [0.05, 0.1) is 17.1 Å². The van der Waals surface area contributed by atoms with Crippen LogP contribution >= 0.6 is 23.2 Å². The Bertz CT molecular complexity index is 876. The van der Waals surface area contributed by atoms with Crippen molar-refractivity contribution in [3.05, 3.63) is 69.5 Å². The Morgan fingerprint density at radius 3 is 2.62 bits per heavy atom. The van der Waals surface area contributed by atoms with E-state index in [4.69, 9.17) is 27.7 Å². The molecule has 2 aromatic carbocycles. The van der Waals surface area contributed by atoms with Crippen LogP contribution in [-0.2, 0) is 6.54 Å². The average Bonchev–Trinajstić information content (AvgIpc) is 3.02. The number of hydrogen-bond donors (Lipinski definition) is 1. The van der Waals surface area contributed by atoms with Crippen molar-refractivity contribution in [3.8, 4) is 11.5 Å². The lowest BCUT2D eigenvalue weighted by molar-refractivity contribution is 0.0950. The quantitative estimate of drug-likeness (QED) is 0.752. The molecule has 0 radical (unpaired) electrons. The summed E-state index contributed by atoms with van der Waals surface area (Å²) in [5.74, 6) is 0.450. The number of carbonyl (C=O) groups excluding carboxylic acids is 1. The molecule has 0 saturated carbocycles. The standard InChI is InChI=1S/C17H13Cl2N3O2/c1-10-2-4-11(5-3-10)17-21-15(22-24-17)9-20-16(23)13-7-6-12(18)8-14(13)19/h2-8H,9H2,1H3,(H,20,23). The minimum Gasteiger partial charge on any atom is -0.345 e. The highest BCUT2D eigenvalue weighted by molar-refractivity contribution is 6.36. The van der Waals surface area contributed by atoms with E-state index < -0.39 is 0 Å². The second-order valence-electron chi connectivity index (χ2n) is 5.19. The maximum atomic E-state index is 12.1. The summed E-state index contributed by atoms with van der Waals surface area (Å²) in [6, 6.07) is 12.4. The first-order valence-electron chi connectivity index (χ1n) is 7.16. The topological polar surface area (TPSA) is 68.0 Å². The molecule has 0 bridgehead atoms. The molecule has 0 aliphatic carbocycles. The highest BCUT2D eigenvalue weighted by Gasteiger charge is 2.13. The number of halogens is 2. The Morgan fingerprint density at radius 2 is 1.92 bits per heavy atom. The maximum Gasteiger partial charge on any atom is 0.257 e. The Balaban J connectivity index is 1.67. The van der Waals surface area contributed by atoms with E-state index >= 15 is 0 Å². The van der Waals surface area contributed by atoms with Crippen molar-refractivity contribution >= 4 is 29.1 Å². The smallest absolute Gasteiger partial charge is 0.257 e. The number of nitrogens with zero attached hydrogens (tertiary/aromatic N) is 2. The summed E-state index contributed by atoms with van der Waals surface area (Å²) in [6.45, 7) is 2.13. The fraction of sp³-hybridized carbons (Fsp3) is 0.118. The number of nitrogens with one attached hydrogen (secondary N) is 1. The molecule has 24 heavy (non-hydrogen) atoms. The Kier molecular flexibility index (Phi) is 4.83. The van der Waals surface area contributed by atoms with Crippen molar-refractivity contribution in [2.45, 2.75) is 13.5 Å². The van der Waals surface area contributed by atoms with E-state index in [2.05, 4.69) is 15.5 Å². The SMILES string of the molecule is Cc1ccc(-c2nc(CNC(=O)c3ccc(Cl)cc3Cl)no2)cc1. The third-order valence-electron chi connectivity index (χ3n) is 3.35. The highest BCUT2D eigenvalue weighted by atomic mass is 35.5.